The summed E-state index contributed by atoms with van der Waals surface area (Å²) in [5, 5.41) is 4.73. The zero-order chi connectivity index (χ0) is 21.8. The number of para-hydroxylation sites is 1. The molecule has 3 aromatic rings. The van der Waals surface area contributed by atoms with Crippen molar-refractivity contribution in [2.45, 2.75) is 26.8 Å². The van der Waals surface area contributed by atoms with Crippen molar-refractivity contribution in [2.24, 2.45) is 0 Å². The molecule has 0 saturated carbocycles. The van der Waals surface area contributed by atoms with Crippen LogP contribution in [-0.4, -0.2) is 52.2 Å². The Kier molecular flexibility index (Phi) is 6.33. The molecule has 0 radical (unpaired) electrons. The standard InChI is InChI=1S/C26H30N4O/c1-20-25(21(2)30(27-20)24-12-8-5-9-13-24)18-28(3)19-26(31)29-16-14-23(15-17-29)22-10-6-4-7-11-22/h4-14H,15-19H2,1-3H3. The van der Waals surface area contributed by atoms with Gasteiger partial charge in [0.15, 0.2) is 0 Å². The molecule has 2 heterocycles. The van der Waals surface area contributed by atoms with E-state index in [-0.39, 0.29) is 5.91 Å². The first kappa shape index (κ1) is 21.1. The molecule has 160 valence electrons. The monoisotopic (exact) mass is 414 g/mol. The summed E-state index contributed by atoms with van der Waals surface area (Å²) in [5.41, 5.74) is 6.96. The first-order valence-corrected chi connectivity index (χ1v) is 10.8. The van der Waals surface area contributed by atoms with Gasteiger partial charge >= 0.3 is 0 Å². The SMILES string of the molecule is Cc1nn(-c2ccccc2)c(C)c1CN(C)CC(=O)N1CC=C(c2ccccc2)CC1. The molecule has 0 saturated heterocycles. The van der Waals surface area contributed by atoms with Crippen molar-refractivity contribution < 1.29 is 4.79 Å². The van der Waals surface area contributed by atoms with E-state index < -0.39 is 0 Å². The Morgan fingerprint density at radius 3 is 2.35 bits per heavy atom. The van der Waals surface area contributed by atoms with Gasteiger partial charge in [0.2, 0.25) is 5.91 Å². The molecule has 1 aromatic heterocycles. The molecule has 5 heteroatoms. The zero-order valence-electron chi connectivity index (χ0n) is 18.6. The molecule has 1 aliphatic rings. The maximum atomic E-state index is 12.9. The second-order valence-corrected chi connectivity index (χ2v) is 8.25. The van der Waals surface area contributed by atoms with Gasteiger partial charge < -0.3 is 4.90 Å². The predicted molar refractivity (Wildman–Crippen MR) is 125 cm³/mol. The Morgan fingerprint density at radius 2 is 1.71 bits per heavy atom. The van der Waals surface area contributed by atoms with Gasteiger partial charge in [0.1, 0.15) is 0 Å². The van der Waals surface area contributed by atoms with Crippen LogP contribution in [-0.2, 0) is 11.3 Å². The number of carbonyl (C=O) groups excluding carboxylic acids is 1. The lowest BCUT2D eigenvalue weighted by atomic mass is 9.99. The van der Waals surface area contributed by atoms with Crippen molar-refractivity contribution in [1.29, 1.82) is 0 Å². The fourth-order valence-corrected chi connectivity index (χ4v) is 4.19. The second-order valence-electron chi connectivity index (χ2n) is 8.25. The van der Waals surface area contributed by atoms with Crippen molar-refractivity contribution in [3.63, 3.8) is 0 Å². The first-order chi connectivity index (χ1) is 15.0. The van der Waals surface area contributed by atoms with Gasteiger partial charge in [0.25, 0.3) is 0 Å². The minimum Gasteiger partial charge on any atom is -0.338 e. The molecule has 0 N–H and O–H groups in total. The number of aromatic nitrogens is 2. The molecule has 0 atom stereocenters. The molecule has 1 aliphatic heterocycles. The normalized spacial score (nSPS) is 14.1. The average Bonchev–Trinajstić information content (AvgIpc) is 3.08. The molecule has 0 aliphatic carbocycles. The maximum absolute atomic E-state index is 12.9. The van der Waals surface area contributed by atoms with Crippen molar-refractivity contribution >= 4 is 11.5 Å². The van der Waals surface area contributed by atoms with Crippen LogP contribution >= 0.6 is 0 Å². The van der Waals surface area contributed by atoms with E-state index in [4.69, 9.17) is 5.10 Å². The molecule has 0 fully saturated rings. The van der Waals surface area contributed by atoms with Gasteiger partial charge in [-0.15, -0.1) is 0 Å². The van der Waals surface area contributed by atoms with Crippen LogP contribution in [0.1, 0.15) is 28.9 Å². The smallest absolute Gasteiger partial charge is 0.237 e. The van der Waals surface area contributed by atoms with E-state index in [1.807, 2.05) is 47.8 Å². The van der Waals surface area contributed by atoms with Crippen LogP contribution in [0.3, 0.4) is 0 Å². The summed E-state index contributed by atoms with van der Waals surface area (Å²) < 4.78 is 1.99. The summed E-state index contributed by atoms with van der Waals surface area (Å²) in [7, 11) is 2.01. The quantitative estimate of drug-likeness (QED) is 0.606. The van der Waals surface area contributed by atoms with E-state index in [9.17, 15) is 4.79 Å². The van der Waals surface area contributed by atoms with Crippen LogP contribution in [0.15, 0.2) is 66.7 Å². The highest BCUT2D eigenvalue weighted by molar-refractivity contribution is 5.80. The van der Waals surface area contributed by atoms with Crippen molar-refractivity contribution in [3.8, 4) is 5.69 Å². The Hall–Kier alpha value is -3.18. The van der Waals surface area contributed by atoms with E-state index in [0.29, 0.717) is 19.6 Å². The molecular formula is C26H30N4O. The minimum absolute atomic E-state index is 0.177. The lowest BCUT2D eigenvalue weighted by Gasteiger charge is -2.28. The van der Waals surface area contributed by atoms with Gasteiger partial charge in [-0.05, 0) is 50.6 Å². The molecule has 0 bridgehead atoms. The van der Waals surface area contributed by atoms with Crippen LogP contribution < -0.4 is 0 Å². The van der Waals surface area contributed by atoms with Gasteiger partial charge in [-0.1, -0.05) is 54.6 Å². The zero-order valence-corrected chi connectivity index (χ0v) is 18.6. The number of aryl methyl sites for hydroxylation is 1. The molecule has 31 heavy (non-hydrogen) atoms. The van der Waals surface area contributed by atoms with Crippen LogP contribution in [0.5, 0.6) is 0 Å². The lowest BCUT2D eigenvalue weighted by molar-refractivity contribution is -0.131. The number of hydrogen-bond donors (Lipinski definition) is 0. The highest BCUT2D eigenvalue weighted by Crippen LogP contribution is 2.23. The Morgan fingerprint density at radius 1 is 1.03 bits per heavy atom. The largest absolute Gasteiger partial charge is 0.338 e. The van der Waals surface area contributed by atoms with E-state index in [2.05, 4.69) is 54.3 Å². The summed E-state index contributed by atoms with van der Waals surface area (Å²) in [4.78, 5) is 16.9. The van der Waals surface area contributed by atoms with Crippen LogP contribution in [0.25, 0.3) is 11.3 Å². The van der Waals surface area contributed by atoms with Gasteiger partial charge in [-0.25, -0.2) is 4.68 Å². The molecule has 4 rings (SSSR count). The van der Waals surface area contributed by atoms with Crippen molar-refractivity contribution in [3.05, 3.63) is 89.3 Å². The van der Waals surface area contributed by atoms with Crippen LogP contribution in [0.2, 0.25) is 0 Å². The van der Waals surface area contributed by atoms with Crippen molar-refractivity contribution in [1.82, 2.24) is 19.6 Å². The predicted octanol–water partition coefficient (Wildman–Crippen LogP) is 4.24. The fraction of sp³-hybridized carbons (Fsp3) is 0.308. The number of nitrogens with zero attached hydrogens (tertiary/aromatic N) is 4. The van der Waals surface area contributed by atoms with Crippen LogP contribution in [0.4, 0.5) is 0 Å². The Balaban J connectivity index is 1.37. The summed E-state index contributed by atoms with van der Waals surface area (Å²) in [6.07, 6.45) is 3.09. The number of amides is 1. The third kappa shape index (κ3) is 4.78. The van der Waals surface area contributed by atoms with E-state index in [1.165, 1.54) is 16.7 Å². The van der Waals surface area contributed by atoms with Gasteiger partial charge in [-0.2, -0.15) is 5.10 Å². The summed E-state index contributed by atoms with van der Waals surface area (Å²) in [6.45, 7) is 6.70. The van der Waals surface area contributed by atoms with Crippen LogP contribution in [0, 0.1) is 13.8 Å². The van der Waals surface area contributed by atoms with E-state index in [0.717, 1.165) is 30.0 Å². The minimum atomic E-state index is 0.177. The third-order valence-corrected chi connectivity index (χ3v) is 5.98. The molecule has 0 spiro atoms. The highest BCUT2D eigenvalue weighted by atomic mass is 16.2. The molecule has 5 nitrogen and oxygen atoms in total. The molecule has 2 aromatic carbocycles. The van der Waals surface area contributed by atoms with Crippen molar-refractivity contribution in [2.75, 3.05) is 26.7 Å². The highest BCUT2D eigenvalue weighted by Gasteiger charge is 2.21. The first-order valence-electron chi connectivity index (χ1n) is 10.8. The van der Waals surface area contributed by atoms with Gasteiger partial charge in [-0.3, -0.25) is 9.69 Å². The summed E-state index contributed by atoms with van der Waals surface area (Å²) in [5.74, 6) is 0.177. The van der Waals surface area contributed by atoms with E-state index in [1.54, 1.807) is 0 Å². The summed E-state index contributed by atoms with van der Waals surface area (Å²) in [6, 6.07) is 20.6. The number of carbonyl (C=O) groups is 1. The maximum Gasteiger partial charge on any atom is 0.237 e. The van der Waals surface area contributed by atoms with Gasteiger partial charge in [0.05, 0.1) is 17.9 Å². The third-order valence-electron chi connectivity index (χ3n) is 5.98. The molecule has 1 amide bonds. The molecular weight excluding hydrogens is 384 g/mol. The second kappa shape index (κ2) is 9.31. The average molecular weight is 415 g/mol. The number of rotatable bonds is 6. The number of likely N-dealkylation sites (N-methyl/N-ethyl adjacent to an activating group) is 1. The Labute approximate surface area is 184 Å². The Bertz CT molecular complexity index is 1070. The number of hydrogen-bond acceptors (Lipinski definition) is 3. The topological polar surface area (TPSA) is 41.4 Å². The van der Waals surface area contributed by atoms with Gasteiger partial charge in [0, 0.05) is 30.9 Å². The lowest BCUT2D eigenvalue weighted by Crippen LogP contribution is -2.41. The fourth-order valence-electron chi connectivity index (χ4n) is 4.19. The summed E-state index contributed by atoms with van der Waals surface area (Å²) >= 11 is 0. The number of benzene rings is 2. The molecule has 0 unspecified atom stereocenters. The van der Waals surface area contributed by atoms with E-state index >= 15 is 0 Å².